The Balaban J connectivity index is 2.04. The molecule has 84 valence electrons. The third-order valence-corrected chi connectivity index (χ3v) is 2.29. The first-order chi connectivity index (χ1) is 8.34. The molecule has 2 aromatic heterocycles. The van der Waals surface area contributed by atoms with Crippen molar-refractivity contribution in [3.8, 4) is 17.1 Å². The molecule has 0 bridgehead atoms. The van der Waals surface area contributed by atoms with E-state index in [9.17, 15) is 4.39 Å². The van der Waals surface area contributed by atoms with Crippen molar-refractivity contribution >= 4 is 0 Å². The van der Waals surface area contributed by atoms with Crippen LogP contribution in [0.4, 0.5) is 4.39 Å². The van der Waals surface area contributed by atoms with Gasteiger partial charge < -0.3 is 0 Å². The van der Waals surface area contributed by atoms with Gasteiger partial charge in [-0.25, -0.2) is 9.07 Å². The zero-order chi connectivity index (χ0) is 11.7. The molecule has 0 aliphatic heterocycles. The van der Waals surface area contributed by atoms with E-state index in [2.05, 4.69) is 25.7 Å². The Labute approximate surface area is 95.1 Å². The summed E-state index contributed by atoms with van der Waals surface area (Å²) >= 11 is 0. The topological polar surface area (TPSA) is 72.3 Å². The molecule has 0 amide bonds. The van der Waals surface area contributed by atoms with Crippen LogP contribution < -0.4 is 0 Å². The highest BCUT2D eigenvalue weighted by Crippen LogP contribution is 2.16. The minimum absolute atomic E-state index is 0.338. The largest absolute Gasteiger partial charge is 0.237 e. The third kappa shape index (κ3) is 1.67. The summed E-state index contributed by atoms with van der Waals surface area (Å²) in [6.45, 7) is 0. The maximum Gasteiger partial charge on any atom is 0.207 e. The summed E-state index contributed by atoms with van der Waals surface area (Å²) < 4.78 is 14.9. The normalized spacial score (nSPS) is 10.6. The van der Waals surface area contributed by atoms with Crippen molar-refractivity contribution in [1.29, 1.82) is 0 Å². The molecule has 7 heteroatoms. The number of nitrogens with one attached hydrogen (secondary N) is 1. The quantitative estimate of drug-likeness (QED) is 0.717. The predicted octanol–water partition coefficient (Wildman–Crippen LogP) is 1.19. The van der Waals surface area contributed by atoms with Gasteiger partial charge in [0, 0.05) is 6.20 Å². The second kappa shape index (κ2) is 3.78. The Hall–Kier alpha value is -2.57. The number of nitrogens with zero attached hydrogens (tertiary/aromatic N) is 5. The van der Waals surface area contributed by atoms with Crippen molar-refractivity contribution in [2.24, 2.45) is 0 Å². The molecule has 0 spiro atoms. The fraction of sp³-hybridized carbons (Fsp3) is 0. The Bertz CT molecular complexity index is 630. The molecule has 0 saturated heterocycles. The van der Waals surface area contributed by atoms with Gasteiger partial charge in [-0.05, 0) is 17.3 Å². The zero-order valence-corrected chi connectivity index (χ0v) is 8.58. The summed E-state index contributed by atoms with van der Waals surface area (Å²) in [4.78, 5) is 0. The van der Waals surface area contributed by atoms with Crippen LogP contribution in [-0.4, -0.2) is 30.4 Å². The maximum absolute atomic E-state index is 13.5. The van der Waals surface area contributed by atoms with Gasteiger partial charge in [0.15, 0.2) is 0 Å². The van der Waals surface area contributed by atoms with Crippen LogP contribution >= 0.6 is 0 Å². The molecular formula is C10H7FN6. The number of hydrogen-bond donors (Lipinski definition) is 1. The van der Waals surface area contributed by atoms with Gasteiger partial charge in [-0.1, -0.05) is 12.1 Å². The lowest BCUT2D eigenvalue weighted by Crippen LogP contribution is -1.96. The third-order valence-electron chi connectivity index (χ3n) is 2.29. The van der Waals surface area contributed by atoms with Crippen molar-refractivity contribution in [1.82, 2.24) is 30.4 Å². The average molecular weight is 230 g/mol. The number of benzene rings is 1. The first-order valence-corrected chi connectivity index (χ1v) is 4.88. The van der Waals surface area contributed by atoms with Gasteiger partial charge in [-0.3, -0.25) is 0 Å². The predicted molar refractivity (Wildman–Crippen MR) is 56.7 cm³/mol. The fourth-order valence-corrected chi connectivity index (χ4v) is 1.49. The molecule has 6 nitrogen and oxygen atoms in total. The van der Waals surface area contributed by atoms with Gasteiger partial charge in [-0.2, -0.15) is 10.3 Å². The summed E-state index contributed by atoms with van der Waals surface area (Å²) in [6.07, 6.45) is 3.20. The van der Waals surface area contributed by atoms with Crippen LogP contribution in [0.2, 0.25) is 0 Å². The second-order valence-corrected chi connectivity index (χ2v) is 3.36. The van der Waals surface area contributed by atoms with Gasteiger partial charge in [-0.15, -0.1) is 10.2 Å². The molecule has 0 aliphatic rings. The Kier molecular flexibility index (Phi) is 2.14. The minimum Gasteiger partial charge on any atom is -0.237 e. The summed E-state index contributed by atoms with van der Waals surface area (Å²) in [6, 6.07) is 6.39. The number of para-hydroxylation sites is 1. The monoisotopic (exact) mass is 230 g/mol. The number of aromatic nitrogens is 6. The summed E-state index contributed by atoms with van der Waals surface area (Å²) in [5.41, 5.74) is 1.05. The molecule has 0 saturated carbocycles. The standard InChI is InChI=1S/C10H7FN6/c11-8-3-1-2-4-9(8)17-6-7(5-12-17)10-13-15-16-14-10/h1-6H,(H,13,14,15,16). The van der Waals surface area contributed by atoms with E-state index in [1.807, 2.05) is 0 Å². The lowest BCUT2D eigenvalue weighted by Gasteiger charge is -2.01. The molecule has 3 aromatic rings. The van der Waals surface area contributed by atoms with Crippen molar-refractivity contribution in [3.63, 3.8) is 0 Å². The van der Waals surface area contributed by atoms with Crippen molar-refractivity contribution in [3.05, 3.63) is 42.5 Å². The van der Waals surface area contributed by atoms with Crippen molar-refractivity contribution in [2.75, 3.05) is 0 Å². The lowest BCUT2D eigenvalue weighted by atomic mass is 10.3. The fourth-order valence-electron chi connectivity index (χ4n) is 1.49. The molecule has 1 N–H and O–H groups in total. The van der Waals surface area contributed by atoms with Crippen LogP contribution in [0.25, 0.3) is 17.1 Å². The Morgan fingerprint density at radius 3 is 2.88 bits per heavy atom. The molecule has 0 unspecified atom stereocenters. The average Bonchev–Trinajstić information content (AvgIpc) is 3.00. The molecule has 17 heavy (non-hydrogen) atoms. The first kappa shape index (κ1) is 9.64. The van der Waals surface area contributed by atoms with Crippen LogP contribution in [0.5, 0.6) is 0 Å². The Morgan fingerprint density at radius 1 is 1.24 bits per heavy atom. The molecule has 2 heterocycles. The number of halogens is 1. The molecule has 0 radical (unpaired) electrons. The van der Waals surface area contributed by atoms with E-state index in [1.165, 1.54) is 10.7 Å². The zero-order valence-electron chi connectivity index (χ0n) is 8.58. The van der Waals surface area contributed by atoms with Gasteiger partial charge in [0.2, 0.25) is 5.82 Å². The lowest BCUT2D eigenvalue weighted by molar-refractivity contribution is 0.611. The van der Waals surface area contributed by atoms with Crippen LogP contribution in [-0.2, 0) is 0 Å². The van der Waals surface area contributed by atoms with E-state index in [1.54, 1.807) is 30.6 Å². The highest BCUT2D eigenvalue weighted by atomic mass is 19.1. The van der Waals surface area contributed by atoms with Gasteiger partial charge in [0.1, 0.15) is 11.5 Å². The Morgan fingerprint density at radius 2 is 2.12 bits per heavy atom. The molecule has 3 rings (SSSR count). The SMILES string of the molecule is Fc1ccccc1-n1cc(-c2nn[nH]n2)cn1. The van der Waals surface area contributed by atoms with E-state index in [-0.39, 0.29) is 5.82 Å². The number of hydrogen-bond acceptors (Lipinski definition) is 4. The number of rotatable bonds is 2. The molecule has 0 fully saturated rings. The number of tetrazole rings is 1. The highest BCUT2D eigenvalue weighted by Gasteiger charge is 2.09. The molecule has 0 aliphatic carbocycles. The van der Waals surface area contributed by atoms with E-state index in [0.29, 0.717) is 17.1 Å². The minimum atomic E-state index is -0.338. The van der Waals surface area contributed by atoms with Crippen LogP contribution in [0.1, 0.15) is 0 Å². The summed E-state index contributed by atoms with van der Waals surface area (Å²) in [5, 5.41) is 17.5. The molecule has 0 atom stereocenters. The van der Waals surface area contributed by atoms with E-state index >= 15 is 0 Å². The van der Waals surface area contributed by atoms with Crippen molar-refractivity contribution in [2.45, 2.75) is 0 Å². The van der Waals surface area contributed by atoms with E-state index in [4.69, 9.17) is 0 Å². The van der Waals surface area contributed by atoms with Gasteiger partial charge in [0.25, 0.3) is 0 Å². The summed E-state index contributed by atoms with van der Waals surface area (Å²) in [5.74, 6) is 0.0860. The highest BCUT2D eigenvalue weighted by molar-refractivity contribution is 5.52. The summed E-state index contributed by atoms with van der Waals surface area (Å²) in [7, 11) is 0. The first-order valence-electron chi connectivity index (χ1n) is 4.88. The molecule has 1 aromatic carbocycles. The second-order valence-electron chi connectivity index (χ2n) is 3.36. The van der Waals surface area contributed by atoms with E-state index < -0.39 is 0 Å². The maximum atomic E-state index is 13.5. The van der Waals surface area contributed by atoms with E-state index in [0.717, 1.165) is 0 Å². The van der Waals surface area contributed by atoms with Crippen LogP contribution in [0.15, 0.2) is 36.7 Å². The number of H-pyrrole nitrogens is 1. The molecular weight excluding hydrogens is 223 g/mol. The van der Waals surface area contributed by atoms with Crippen LogP contribution in [0, 0.1) is 5.82 Å². The smallest absolute Gasteiger partial charge is 0.207 e. The van der Waals surface area contributed by atoms with Crippen molar-refractivity contribution < 1.29 is 4.39 Å². The van der Waals surface area contributed by atoms with Gasteiger partial charge >= 0.3 is 0 Å². The van der Waals surface area contributed by atoms with Crippen LogP contribution in [0.3, 0.4) is 0 Å². The van der Waals surface area contributed by atoms with Gasteiger partial charge in [0.05, 0.1) is 11.8 Å². The number of aromatic amines is 1.